The topological polar surface area (TPSA) is 315 Å². The van der Waals surface area contributed by atoms with Gasteiger partial charge in [-0.25, -0.2) is 56.2 Å². The Labute approximate surface area is 663 Å². The van der Waals surface area contributed by atoms with E-state index in [1.54, 1.807) is 31.7 Å². The van der Waals surface area contributed by atoms with Crippen molar-refractivity contribution in [2.24, 2.45) is 0 Å². The predicted molar refractivity (Wildman–Crippen MR) is 425 cm³/mol. The van der Waals surface area contributed by atoms with Crippen LogP contribution in [0.3, 0.4) is 0 Å². The Morgan fingerprint density at radius 3 is 1.19 bits per heavy atom. The summed E-state index contributed by atoms with van der Waals surface area (Å²) in [6.07, 6.45) is -1.33. The summed E-state index contributed by atoms with van der Waals surface area (Å²) in [5.74, 6) is -8.81. The highest BCUT2D eigenvalue weighted by atomic mass is 19.4. The maximum Gasteiger partial charge on any atom is 0.418 e. The number of nitrogens with one attached hydrogen (secondary N) is 9. The van der Waals surface area contributed by atoms with Crippen molar-refractivity contribution in [3.8, 4) is 34.9 Å². The molecule has 6 aromatic heterocycles. The van der Waals surface area contributed by atoms with Gasteiger partial charge in [0, 0.05) is 191 Å². The van der Waals surface area contributed by atoms with Gasteiger partial charge in [-0.05, 0) is 115 Å². The highest BCUT2D eigenvalue weighted by Crippen LogP contribution is 2.43. The largest absolute Gasteiger partial charge is 0.435 e. The highest BCUT2D eigenvalue weighted by Gasteiger charge is 2.37. The van der Waals surface area contributed by atoms with Gasteiger partial charge in [0.2, 0.25) is 17.6 Å². The number of aliphatic hydroxyl groups excluding tert-OH is 1. The van der Waals surface area contributed by atoms with E-state index in [0.29, 0.717) is 60.2 Å². The van der Waals surface area contributed by atoms with Crippen molar-refractivity contribution >= 4 is 102 Å². The van der Waals surface area contributed by atoms with Gasteiger partial charge in [-0.1, -0.05) is 6.07 Å². The summed E-state index contributed by atoms with van der Waals surface area (Å²) in [6, 6.07) is 24.1. The molecule has 0 spiro atoms. The van der Waals surface area contributed by atoms with E-state index in [2.05, 4.69) is 110 Å². The highest BCUT2D eigenvalue weighted by molar-refractivity contribution is 6.03. The van der Waals surface area contributed by atoms with E-state index in [1.165, 1.54) is 57.8 Å². The summed E-state index contributed by atoms with van der Waals surface area (Å²) >= 11 is 0. The molecule has 117 heavy (non-hydrogen) atoms. The van der Waals surface area contributed by atoms with Gasteiger partial charge in [0.05, 0.1) is 28.7 Å². The SMILES string of the molecule is CNC(=O)c1c(Nc2ccc(N3CCN(C)CC3)c(C(F)(F)F)c2)ncnc1Oc1cc(F)c2[nH]c(C)cc2c1F.CNC(=O)c1c(Nc2ccc(N3CCN(C)CC3)cc2CO)ncnc1Oc1cc(F)c2[nH]c(C)cc2c1F.CNC(=O)c1c(Nc2cccc(N3CCN(C)CC3)c2)ncnc1Oc1cc(F)c2[nH]c(C)cc2c1F. The lowest BCUT2D eigenvalue weighted by molar-refractivity contribution is -0.137. The first kappa shape index (κ1) is 82.0. The maximum absolute atomic E-state index is 15.2. The molecule has 0 atom stereocenters. The molecule has 3 aliphatic rings. The number of benzene rings is 6. The van der Waals surface area contributed by atoms with Crippen molar-refractivity contribution in [1.29, 1.82) is 0 Å². The first-order valence-electron chi connectivity index (χ1n) is 36.9. The molecule has 37 heteroatoms. The maximum atomic E-state index is 15.2. The second-order valence-corrected chi connectivity index (χ2v) is 28.0. The molecule has 0 bridgehead atoms. The van der Waals surface area contributed by atoms with Crippen LogP contribution in [0.25, 0.3) is 32.7 Å². The number of aliphatic hydroxyl groups is 1. The lowest BCUT2D eigenvalue weighted by Gasteiger charge is -2.35. The number of ether oxygens (including phenoxy) is 3. The molecule has 0 unspecified atom stereocenters. The van der Waals surface area contributed by atoms with E-state index in [0.717, 1.165) is 101 Å². The van der Waals surface area contributed by atoms with Crippen LogP contribution in [0.15, 0.2) is 116 Å². The molecule has 0 saturated carbocycles. The minimum absolute atomic E-state index is 0.00792. The van der Waals surface area contributed by atoms with E-state index in [9.17, 15) is 45.8 Å². The number of aromatic nitrogens is 9. The summed E-state index contributed by atoms with van der Waals surface area (Å²) in [7, 11) is 10.3. The average Bonchev–Trinajstić information content (AvgIpc) is 1.75. The number of alkyl halides is 3. The lowest BCUT2D eigenvalue weighted by atomic mass is 10.1. The zero-order valence-corrected chi connectivity index (χ0v) is 64.8. The van der Waals surface area contributed by atoms with Crippen LogP contribution in [0.1, 0.15) is 59.3 Å². The van der Waals surface area contributed by atoms with Gasteiger partial charge in [-0.3, -0.25) is 14.4 Å². The van der Waals surface area contributed by atoms with Crippen molar-refractivity contribution < 1.29 is 73.2 Å². The van der Waals surface area contributed by atoms with Crippen LogP contribution in [0.5, 0.6) is 34.9 Å². The molecule has 28 nitrogen and oxygen atoms in total. The Morgan fingerprint density at radius 1 is 0.444 bits per heavy atom. The van der Waals surface area contributed by atoms with Gasteiger partial charge in [0.15, 0.2) is 69.6 Å². The minimum atomic E-state index is -4.66. The number of rotatable bonds is 19. The number of aryl methyl sites for hydroxylation is 3. The molecule has 3 saturated heterocycles. The minimum Gasteiger partial charge on any atom is -0.435 e. The number of nitrogens with zero attached hydrogens (tertiary/aromatic N) is 12. The van der Waals surface area contributed by atoms with Gasteiger partial charge in [-0.15, -0.1) is 0 Å². The van der Waals surface area contributed by atoms with Crippen molar-refractivity contribution in [3.05, 3.63) is 196 Å². The van der Waals surface area contributed by atoms with Crippen LogP contribution in [-0.4, -0.2) is 203 Å². The van der Waals surface area contributed by atoms with Crippen LogP contribution in [0.2, 0.25) is 0 Å². The number of anilines is 9. The zero-order valence-electron chi connectivity index (χ0n) is 64.8. The van der Waals surface area contributed by atoms with Gasteiger partial charge in [-0.2, -0.15) is 13.2 Å². The molecule has 6 aromatic carbocycles. The summed E-state index contributed by atoms with van der Waals surface area (Å²) < 4.78 is 149. The Hall–Kier alpha value is -13.0. The summed E-state index contributed by atoms with van der Waals surface area (Å²) in [5, 5.41) is 26.5. The second kappa shape index (κ2) is 35.0. The Kier molecular flexibility index (Phi) is 24.5. The van der Waals surface area contributed by atoms with Crippen LogP contribution in [0, 0.1) is 55.7 Å². The Morgan fingerprint density at radius 2 is 0.812 bits per heavy atom. The molecule has 10 N–H and O–H groups in total. The third-order valence-corrected chi connectivity index (χ3v) is 19.9. The second-order valence-electron chi connectivity index (χ2n) is 28.0. The van der Waals surface area contributed by atoms with Gasteiger partial charge >= 0.3 is 6.18 Å². The molecule has 12 aromatic rings. The molecule has 3 aliphatic heterocycles. The van der Waals surface area contributed by atoms with Gasteiger partial charge in [0.25, 0.3) is 17.7 Å². The molecule has 15 rings (SSSR count). The summed E-state index contributed by atoms with van der Waals surface area (Å²) in [4.78, 5) is 84.1. The number of amides is 3. The normalized spacial score (nSPS) is 14.2. The lowest BCUT2D eigenvalue weighted by Crippen LogP contribution is -2.45. The first-order valence-corrected chi connectivity index (χ1v) is 36.9. The van der Waals surface area contributed by atoms with E-state index in [-0.39, 0.29) is 96.6 Å². The molecular weight excluding hydrogens is 1540 g/mol. The predicted octanol–water partition coefficient (Wildman–Crippen LogP) is 13.1. The molecule has 0 aliphatic carbocycles. The van der Waals surface area contributed by atoms with E-state index in [1.807, 2.05) is 48.3 Å². The number of hydrogen-bond donors (Lipinski definition) is 10. The molecule has 3 fully saturated rings. The Bertz CT molecular complexity index is 5710. The third kappa shape index (κ3) is 18.1. The molecular formula is C80H82F9N21O7. The molecule has 612 valence electrons. The number of H-pyrrole nitrogens is 3. The van der Waals surface area contributed by atoms with Gasteiger partial charge in [0.1, 0.15) is 35.7 Å². The number of hydrogen-bond acceptors (Lipinski definition) is 22. The van der Waals surface area contributed by atoms with Crippen molar-refractivity contribution in [2.45, 2.75) is 33.6 Å². The van der Waals surface area contributed by atoms with E-state index >= 15 is 13.2 Å². The van der Waals surface area contributed by atoms with Crippen molar-refractivity contribution in [1.82, 2.24) is 75.5 Å². The zero-order chi connectivity index (χ0) is 83.3. The number of carbonyl (C=O) groups excluding carboxylic acids is 3. The van der Waals surface area contributed by atoms with Crippen LogP contribution in [0.4, 0.5) is 91.1 Å². The number of carbonyl (C=O) groups is 3. The summed E-state index contributed by atoms with van der Waals surface area (Å²) in [6.45, 7) is 14.2. The Balaban J connectivity index is 0.000000153. The van der Waals surface area contributed by atoms with Crippen molar-refractivity contribution in [3.63, 3.8) is 0 Å². The quantitative estimate of drug-likeness (QED) is 0.0336. The standard InChI is InChI=1S/C27H26F5N7O2.C27H29F2N7O3.C26H27F2N7O2/c1-14-10-16-22(29)20(12-18(28)23(16)36-14)41-26-21(25(40)33-2)24(34-13-35-26)37-15-4-5-19(17(11-15)27(30,31)32)39-8-6-38(3)7-9-39;1-15-10-18-23(29)21(12-19(28)24(18)33-15)39-27-22(26(38)30-2)25(31-14-32-27)34-20-5-4-17(11-16(20)13-37)36-8-6-35(3)7-9-36;1-15-11-18-22(28)20(13-19(27)23(18)32-15)37-26-21(25(36)29-2)24(30-14-31-26)33-16-5-4-6-17(12-16)35-9-7-34(3)8-10-35/h4-5,10-13,36H,6-9H2,1-3H3,(H,33,40)(H,34,35,37);4-5,10-12,14,33,37H,6-9,13H2,1-3H3,(H,30,38)(H,31,32,34);4-6,11-14,32H,7-10H2,1-3H3,(H,29,36)(H,30,31,33). The first-order chi connectivity index (χ1) is 56.1. The average molecular weight is 1620 g/mol. The monoisotopic (exact) mass is 1620 g/mol. The summed E-state index contributed by atoms with van der Waals surface area (Å²) in [5.41, 5.74) is 4.24. The van der Waals surface area contributed by atoms with Crippen molar-refractivity contribution in [2.75, 3.05) is 151 Å². The third-order valence-electron chi connectivity index (χ3n) is 19.9. The fraction of sp³-hybridized carbons (Fsp3) is 0.287. The fourth-order valence-electron chi connectivity index (χ4n) is 13.7. The molecule has 9 heterocycles. The number of aromatic amines is 3. The molecule has 0 radical (unpaired) electrons. The number of piperazine rings is 3. The van der Waals surface area contributed by atoms with Gasteiger partial charge < -0.3 is 95.6 Å². The fourth-order valence-corrected chi connectivity index (χ4v) is 13.7. The van der Waals surface area contributed by atoms with Crippen LogP contribution >= 0.6 is 0 Å². The smallest absolute Gasteiger partial charge is 0.418 e. The number of likely N-dealkylation sites (N-methyl/N-ethyl adjacent to an activating group) is 3. The van der Waals surface area contributed by atoms with Crippen LogP contribution < -0.4 is 60.8 Å². The molecule has 3 amide bonds. The number of fused-ring (bicyclic) bond motifs is 3. The van der Waals surface area contributed by atoms with E-state index < -0.39 is 87.5 Å². The number of halogens is 9. The van der Waals surface area contributed by atoms with E-state index in [4.69, 9.17) is 14.2 Å². The van der Waals surface area contributed by atoms with Crippen LogP contribution in [-0.2, 0) is 12.8 Å².